The molecule has 1 aromatic rings. The van der Waals surface area contributed by atoms with E-state index in [1.807, 2.05) is 0 Å². The van der Waals surface area contributed by atoms with Gasteiger partial charge in [0.2, 0.25) is 0 Å². The Morgan fingerprint density at radius 1 is 1.47 bits per heavy atom. The Balaban J connectivity index is 2.51. The molecule has 0 spiro atoms. The molecule has 0 bridgehead atoms. The smallest absolute Gasteiger partial charge is 0.185 e. The Morgan fingerprint density at radius 2 is 2.18 bits per heavy atom. The highest BCUT2D eigenvalue weighted by atomic mass is 32.2. The van der Waals surface area contributed by atoms with Crippen molar-refractivity contribution in [3.8, 4) is 0 Å². The maximum atomic E-state index is 10.7. The van der Waals surface area contributed by atoms with Crippen molar-refractivity contribution in [2.24, 2.45) is 0 Å². The molecule has 0 aliphatic rings. The third-order valence-electron chi connectivity index (χ3n) is 2.30. The van der Waals surface area contributed by atoms with E-state index in [0.717, 1.165) is 16.7 Å². The van der Waals surface area contributed by atoms with Crippen LogP contribution in [0.5, 0.6) is 0 Å². The van der Waals surface area contributed by atoms with Crippen LogP contribution in [0.25, 0.3) is 0 Å². The second-order valence-electron chi connectivity index (χ2n) is 3.74. The van der Waals surface area contributed by atoms with Crippen molar-refractivity contribution < 1.29 is 15.0 Å². The molecule has 2 atom stereocenters. The van der Waals surface area contributed by atoms with Crippen LogP contribution in [-0.2, 0) is 4.79 Å². The first-order chi connectivity index (χ1) is 8.00. The molecule has 0 saturated heterocycles. The number of aliphatic hydroxyl groups excluding tert-OH is 2. The van der Waals surface area contributed by atoms with Gasteiger partial charge in [-0.2, -0.15) is 0 Å². The lowest BCUT2D eigenvalue weighted by molar-refractivity contribution is -0.109. The highest BCUT2D eigenvalue weighted by Crippen LogP contribution is 2.22. The third-order valence-corrected chi connectivity index (χ3v) is 3.42. The molecule has 0 aromatic heterocycles. The summed E-state index contributed by atoms with van der Waals surface area (Å²) in [5.41, 5.74) is 0.637. The fraction of sp³-hybridized carbons (Fsp3) is 0.417. The monoisotopic (exact) mass is 272 g/mol. The van der Waals surface area contributed by atoms with Crippen LogP contribution in [0.4, 0.5) is 0 Å². The van der Waals surface area contributed by atoms with E-state index in [1.54, 1.807) is 24.3 Å². The summed E-state index contributed by atoms with van der Waals surface area (Å²) in [5.74, 6) is 0.508. The Bertz CT molecular complexity index is 382. The first-order valence-corrected chi connectivity index (χ1v) is 6.72. The van der Waals surface area contributed by atoms with Gasteiger partial charge in [0, 0.05) is 17.6 Å². The summed E-state index contributed by atoms with van der Waals surface area (Å²) in [6, 6.07) is 7.04. The zero-order valence-corrected chi connectivity index (χ0v) is 11.2. The first kappa shape index (κ1) is 14.6. The van der Waals surface area contributed by atoms with Gasteiger partial charge >= 0.3 is 0 Å². The summed E-state index contributed by atoms with van der Waals surface area (Å²) in [4.78, 5) is 11.5. The number of carbonyl (C=O) groups is 1. The topological polar surface area (TPSA) is 57.5 Å². The van der Waals surface area contributed by atoms with Gasteiger partial charge in [-0.3, -0.25) is 4.79 Å². The average Bonchev–Trinajstić information content (AvgIpc) is 2.27. The van der Waals surface area contributed by atoms with Crippen molar-refractivity contribution in [2.75, 3.05) is 5.75 Å². The normalized spacial score (nSPS) is 14.4. The molecule has 5 heteroatoms. The summed E-state index contributed by atoms with van der Waals surface area (Å²) >= 11 is 5.32. The average molecular weight is 272 g/mol. The molecule has 17 heavy (non-hydrogen) atoms. The molecule has 0 aliphatic heterocycles. The van der Waals surface area contributed by atoms with Crippen LogP contribution in [0.1, 0.15) is 25.0 Å². The Labute approximate surface area is 111 Å². The molecule has 0 aliphatic carbocycles. The molecule has 2 N–H and O–H groups in total. The maximum absolute atomic E-state index is 10.7. The molecule has 2 unspecified atom stereocenters. The van der Waals surface area contributed by atoms with E-state index in [4.69, 9.17) is 0 Å². The van der Waals surface area contributed by atoms with E-state index >= 15 is 0 Å². The summed E-state index contributed by atoms with van der Waals surface area (Å²) in [6.45, 7) is 1.48. The molecule has 94 valence electrons. The summed E-state index contributed by atoms with van der Waals surface area (Å²) < 4.78 is 0. The van der Waals surface area contributed by atoms with Crippen LogP contribution in [0.15, 0.2) is 29.2 Å². The van der Waals surface area contributed by atoms with Crippen molar-refractivity contribution in [1.29, 1.82) is 0 Å². The van der Waals surface area contributed by atoms with Crippen molar-refractivity contribution in [2.45, 2.75) is 30.4 Å². The van der Waals surface area contributed by atoms with E-state index in [9.17, 15) is 15.0 Å². The largest absolute Gasteiger partial charge is 0.390 e. The molecule has 0 radical (unpaired) electrons. The van der Waals surface area contributed by atoms with Crippen molar-refractivity contribution in [1.82, 2.24) is 0 Å². The number of carbonyl (C=O) groups excluding carboxylic acids is 1. The molecule has 3 nitrogen and oxygen atoms in total. The summed E-state index contributed by atoms with van der Waals surface area (Å²) in [7, 11) is 0. The molecule has 0 heterocycles. The second kappa shape index (κ2) is 7.06. The zero-order chi connectivity index (χ0) is 12.8. The molecule has 1 rings (SSSR count). The van der Waals surface area contributed by atoms with Crippen LogP contribution >= 0.6 is 24.4 Å². The number of aliphatic hydroxyl groups is 2. The van der Waals surface area contributed by atoms with Gasteiger partial charge in [0.15, 0.2) is 5.12 Å². The van der Waals surface area contributed by atoms with Gasteiger partial charge in [-0.05, 0) is 24.1 Å². The number of hydrogen-bond donors (Lipinski definition) is 3. The lowest BCUT2D eigenvalue weighted by Crippen LogP contribution is -2.19. The SMILES string of the molecule is CC(=O)SCCC(O)C(O)c1cccc(S)c1. The van der Waals surface area contributed by atoms with E-state index in [-0.39, 0.29) is 5.12 Å². The van der Waals surface area contributed by atoms with Crippen LogP contribution in [0.2, 0.25) is 0 Å². The minimum absolute atomic E-state index is 0.0176. The fourth-order valence-electron chi connectivity index (χ4n) is 1.41. The zero-order valence-electron chi connectivity index (χ0n) is 9.54. The molecule has 0 saturated carbocycles. The van der Waals surface area contributed by atoms with Crippen molar-refractivity contribution in [3.63, 3.8) is 0 Å². The van der Waals surface area contributed by atoms with E-state index in [0.29, 0.717) is 17.7 Å². The first-order valence-electron chi connectivity index (χ1n) is 5.29. The van der Waals surface area contributed by atoms with Gasteiger partial charge in [0.25, 0.3) is 0 Å². The van der Waals surface area contributed by atoms with Crippen LogP contribution < -0.4 is 0 Å². The summed E-state index contributed by atoms with van der Waals surface area (Å²) in [6.07, 6.45) is -1.42. The lowest BCUT2D eigenvalue weighted by atomic mass is 10.0. The molecular formula is C12H16O3S2. The Hall–Kier alpha value is -0.490. The second-order valence-corrected chi connectivity index (χ2v) is 5.52. The summed E-state index contributed by atoms with van der Waals surface area (Å²) in [5, 5.41) is 19.7. The van der Waals surface area contributed by atoms with E-state index < -0.39 is 12.2 Å². The van der Waals surface area contributed by atoms with Crippen LogP contribution in [0, 0.1) is 0 Å². The van der Waals surface area contributed by atoms with Gasteiger partial charge in [0.1, 0.15) is 6.10 Å². The predicted molar refractivity (Wildman–Crippen MR) is 72.4 cm³/mol. The molecule has 0 amide bonds. The number of thioether (sulfide) groups is 1. The predicted octanol–water partition coefficient (Wildman–Crippen LogP) is 2.04. The third kappa shape index (κ3) is 5.12. The highest BCUT2D eigenvalue weighted by Gasteiger charge is 2.18. The number of thiol groups is 1. The van der Waals surface area contributed by atoms with E-state index in [1.165, 1.54) is 6.92 Å². The van der Waals surface area contributed by atoms with Crippen LogP contribution in [0.3, 0.4) is 0 Å². The minimum atomic E-state index is -0.936. The maximum Gasteiger partial charge on any atom is 0.185 e. The number of rotatable bonds is 5. The Morgan fingerprint density at radius 3 is 2.76 bits per heavy atom. The Kier molecular flexibility index (Phi) is 6.05. The van der Waals surface area contributed by atoms with Gasteiger partial charge in [-0.15, -0.1) is 12.6 Å². The van der Waals surface area contributed by atoms with Gasteiger partial charge in [-0.1, -0.05) is 23.9 Å². The van der Waals surface area contributed by atoms with Gasteiger partial charge < -0.3 is 10.2 Å². The van der Waals surface area contributed by atoms with Gasteiger partial charge in [-0.25, -0.2) is 0 Å². The molecule has 1 aromatic carbocycles. The number of hydrogen-bond acceptors (Lipinski definition) is 5. The fourth-order valence-corrected chi connectivity index (χ4v) is 2.29. The van der Waals surface area contributed by atoms with Gasteiger partial charge in [0.05, 0.1) is 6.10 Å². The quantitative estimate of drug-likeness (QED) is 0.718. The molecular weight excluding hydrogens is 256 g/mol. The van der Waals surface area contributed by atoms with Crippen molar-refractivity contribution in [3.05, 3.63) is 29.8 Å². The van der Waals surface area contributed by atoms with Crippen molar-refractivity contribution >= 4 is 29.5 Å². The minimum Gasteiger partial charge on any atom is -0.390 e. The van der Waals surface area contributed by atoms with Crippen LogP contribution in [-0.4, -0.2) is 27.2 Å². The standard InChI is InChI=1S/C12H16O3S2/c1-8(13)17-6-5-11(14)12(15)9-3-2-4-10(16)7-9/h2-4,7,11-12,14-16H,5-6H2,1H3. The number of benzene rings is 1. The van der Waals surface area contributed by atoms with E-state index in [2.05, 4.69) is 12.6 Å². The lowest BCUT2D eigenvalue weighted by Gasteiger charge is -2.18. The highest BCUT2D eigenvalue weighted by molar-refractivity contribution is 8.13. The molecule has 0 fully saturated rings.